The number of rotatable bonds is 8. The number of hydrogen-bond donors (Lipinski definition) is 2. The van der Waals surface area contributed by atoms with Gasteiger partial charge in [0.2, 0.25) is 15.9 Å². The number of benzene rings is 1. The smallest absolute Gasteiger partial charge is 0.240 e. The summed E-state index contributed by atoms with van der Waals surface area (Å²) in [4.78, 5) is 15.8. The Hall–Kier alpha value is -2.45. The van der Waals surface area contributed by atoms with E-state index >= 15 is 0 Å². The van der Waals surface area contributed by atoms with E-state index in [9.17, 15) is 13.2 Å². The van der Waals surface area contributed by atoms with Crippen molar-refractivity contribution in [2.75, 3.05) is 18.5 Å². The summed E-state index contributed by atoms with van der Waals surface area (Å²) in [6.07, 6.45) is 3.13. The summed E-state index contributed by atoms with van der Waals surface area (Å²) in [7, 11) is -3.66. The van der Waals surface area contributed by atoms with Gasteiger partial charge in [-0.3, -0.25) is 9.78 Å². The molecule has 0 spiro atoms. The van der Waals surface area contributed by atoms with Gasteiger partial charge in [-0.15, -0.1) is 0 Å². The van der Waals surface area contributed by atoms with E-state index < -0.39 is 10.0 Å². The first kappa shape index (κ1) is 17.9. The minimum absolute atomic E-state index is 0.00163. The number of pyridine rings is 1. The molecule has 0 atom stereocenters. The monoisotopic (exact) mass is 349 g/mol. The van der Waals surface area contributed by atoms with E-state index in [4.69, 9.17) is 4.74 Å². The van der Waals surface area contributed by atoms with E-state index in [1.165, 1.54) is 18.3 Å². The zero-order valence-electron chi connectivity index (χ0n) is 13.2. The summed E-state index contributed by atoms with van der Waals surface area (Å²) < 4.78 is 32.0. The Bertz CT molecular complexity index is 762. The molecule has 2 aromatic rings. The lowest BCUT2D eigenvalue weighted by Gasteiger charge is -2.08. The maximum atomic E-state index is 12.1. The van der Waals surface area contributed by atoms with Gasteiger partial charge in [0.05, 0.1) is 23.4 Å². The van der Waals surface area contributed by atoms with E-state index in [0.717, 1.165) is 0 Å². The molecule has 0 fully saturated rings. The molecule has 8 heteroatoms. The third-order valence-corrected chi connectivity index (χ3v) is 4.51. The van der Waals surface area contributed by atoms with Gasteiger partial charge >= 0.3 is 0 Å². The molecular formula is C16H19N3O4S. The lowest BCUT2D eigenvalue weighted by Crippen LogP contribution is -2.27. The fraction of sp³-hybridized carbons (Fsp3) is 0.250. The van der Waals surface area contributed by atoms with Crippen LogP contribution in [0.15, 0.2) is 53.7 Å². The fourth-order valence-corrected chi connectivity index (χ4v) is 2.96. The van der Waals surface area contributed by atoms with Crippen molar-refractivity contribution < 1.29 is 17.9 Å². The molecule has 0 radical (unpaired) electrons. The SMILES string of the molecule is CCOc1ccc(S(=O)(=O)NCCC(=O)Nc2cccnc2)cc1. The third kappa shape index (κ3) is 5.32. The molecule has 128 valence electrons. The number of ether oxygens (including phenoxy) is 1. The molecular weight excluding hydrogens is 330 g/mol. The highest BCUT2D eigenvalue weighted by molar-refractivity contribution is 7.89. The molecule has 1 aromatic heterocycles. The molecule has 1 aromatic carbocycles. The van der Waals surface area contributed by atoms with Crippen molar-refractivity contribution in [1.82, 2.24) is 9.71 Å². The average molecular weight is 349 g/mol. The van der Waals surface area contributed by atoms with Crippen LogP contribution in [0.3, 0.4) is 0 Å². The molecule has 0 aliphatic heterocycles. The van der Waals surface area contributed by atoms with Crippen molar-refractivity contribution in [3.8, 4) is 5.75 Å². The van der Waals surface area contributed by atoms with Crippen LogP contribution >= 0.6 is 0 Å². The van der Waals surface area contributed by atoms with E-state index in [1.54, 1.807) is 30.5 Å². The first-order valence-corrected chi connectivity index (χ1v) is 8.92. The highest BCUT2D eigenvalue weighted by Crippen LogP contribution is 2.15. The summed E-state index contributed by atoms with van der Waals surface area (Å²) >= 11 is 0. The number of carbonyl (C=O) groups is 1. The largest absolute Gasteiger partial charge is 0.494 e. The molecule has 7 nitrogen and oxygen atoms in total. The highest BCUT2D eigenvalue weighted by Gasteiger charge is 2.14. The second-order valence-corrected chi connectivity index (χ2v) is 6.61. The lowest BCUT2D eigenvalue weighted by atomic mass is 10.3. The predicted octanol–water partition coefficient (Wildman–Crippen LogP) is 1.79. The summed E-state index contributed by atoms with van der Waals surface area (Å²) in [5.74, 6) is 0.310. The van der Waals surface area contributed by atoms with Gasteiger partial charge in [-0.2, -0.15) is 0 Å². The Morgan fingerprint density at radius 1 is 1.21 bits per heavy atom. The van der Waals surface area contributed by atoms with Gasteiger partial charge in [-0.1, -0.05) is 0 Å². The number of nitrogens with zero attached hydrogens (tertiary/aromatic N) is 1. The second-order valence-electron chi connectivity index (χ2n) is 4.84. The van der Waals surface area contributed by atoms with E-state index in [-0.39, 0.29) is 23.8 Å². The molecule has 0 bridgehead atoms. The van der Waals surface area contributed by atoms with Gasteiger partial charge in [-0.25, -0.2) is 13.1 Å². The van der Waals surface area contributed by atoms with Crippen LogP contribution in [0.4, 0.5) is 5.69 Å². The summed E-state index contributed by atoms with van der Waals surface area (Å²) in [6.45, 7) is 2.36. The summed E-state index contributed by atoms with van der Waals surface area (Å²) in [5, 5.41) is 2.64. The lowest BCUT2D eigenvalue weighted by molar-refractivity contribution is -0.116. The van der Waals surface area contributed by atoms with Gasteiger partial charge in [0.25, 0.3) is 0 Å². The first-order valence-electron chi connectivity index (χ1n) is 7.43. The Labute approximate surface area is 141 Å². The van der Waals surface area contributed by atoms with Gasteiger partial charge in [0.1, 0.15) is 5.75 Å². The van der Waals surface area contributed by atoms with Crippen LogP contribution < -0.4 is 14.8 Å². The predicted molar refractivity (Wildman–Crippen MR) is 90.3 cm³/mol. The number of carbonyl (C=O) groups excluding carboxylic acids is 1. The normalized spacial score (nSPS) is 11.0. The maximum Gasteiger partial charge on any atom is 0.240 e. The maximum absolute atomic E-state index is 12.1. The molecule has 0 aliphatic rings. The molecule has 0 aliphatic carbocycles. The topological polar surface area (TPSA) is 97.4 Å². The van der Waals surface area contributed by atoms with Gasteiger partial charge in [0, 0.05) is 19.2 Å². The number of sulfonamides is 1. The molecule has 2 rings (SSSR count). The Balaban J connectivity index is 1.85. The Kier molecular flexibility index (Phi) is 6.28. The van der Waals surface area contributed by atoms with Crippen molar-refractivity contribution in [3.05, 3.63) is 48.8 Å². The molecule has 24 heavy (non-hydrogen) atoms. The molecule has 0 saturated carbocycles. The van der Waals surface area contributed by atoms with Crippen molar-refractivity contribution in [2.24, 2.45) is 0 Å². The summed E-state index contributed by atoms with van der Waals surface area (Å²) in [6, 6.07) is 9.51. The van der Waals surface area contributed by atoms with Gasteiger partial charge in [0.15, 0.2) is 0 Å². The number of amides is 1. The van der Waals surface area contributed by atoms with Crippen molar-refractivity contribution in [3.63, 3.8) is 0 Å². The molecule has 0 saturated heterocycles. The quantitative estimate of drug-likeness (QED) is 0.757. The number of anilines is 1. The number of hydrogen-bond acceptors (Lipinski definition) is 5. The van der Waals surface area contributed by atoms with E-state index in [1.807, 2.05) is 6.92 Å². The zero-order chi connectivity index (χ0) is 17.4. The van der Waals surface area contributed by atoms with Crippen LogP contribution in [0.25, 0.3) is 0 Å². The Morgan fingerprint density at radius 2 is 1.96 bits per heavy atom. The fourth-order valence-electron chi connectivity index (χ4n) is 1.92. The van der Waals surface area contributed by atoms with Crippen molar-refractivity contribution in [2.45, 2.75) is 18.2 Å². The van der Waals surface area contributed by atoms with Crippen molar-refractivity contribution >= 4 is 21.6 Å². The van der Waals surface area contributed by atoms with Crippen LogP contribution in [0.2, 0.25) is 0 Å². The average Bonchev–Trinajstić information content (AvgIpc) is 2.56. The Morgan fingerprint density at radius 3 is 2.58 bits per heavy atom. The van der Waals surface area contributed by atoms with Crippen LogP contribution in [0, 0.1) is 0 Å². The first-order chi connectivity index (χ1) is 11.5. The van der Waals surface area contributed by atoms with Gasteiger partial charge in [-0.05, 0) is 43.3 Å². The van der Waals surface area contributed by atoms with Crippen LogP contribution in [-0.2, 0) is 14.8 Å². The van der Waals surface area contributed by atoms with Crippen LogP contribution in [0.5, 0.6) is 5.75 Å². The molecule has 0 unspecified atom stereocenters. The van der Waals surface area contributed by atoms with E-state index in [2.05, 4.69) is 15.0 Å². The minimum atomic E-state index is -3.66. The number of nitrogens with one attached hydrogen (secondary N) is 2. The molecule has 1 heterocycles. The minimum Gasteiger partial charge on any atom is -0.494 e. The third-order valence-electron chi connectivity index (χ3n) is 3.03. The van der Waals surface area contributed by atoms with Crippen molar-refractivity contribution in [1.29, 1.82) is 0 Å². The molecule has 2 N–H and O–H groups in total. The molecule has 1 amide bonds. The summed E-state index contributed by atoms with van der Waals surface area (Å²) in [5.41, 5.74) is 0.567. The highest BCUT2D eigenvalue weighted by atomic mass is 32.2. The van der Waals surface area contributed by atoms with E-state index in [0.29, 0.717) is 18.0 Å². The van der Waals surface area contributed by atoms with Crippen LogP contribution in [-0.4, -0.2) is 32.5 Å². The standard InChI is InChI=1S/C16H19N3O4S/c1-2-23-14-5-7-15(8-6-14)24(21,22)18-11-9-16(20)19-13-4-3-10-17-12-13/h3-8,10,12,18H,2,9,11H2,1H3,(H,19,20). The zero-order valence-corrected chi connectivity index (χ0v) is 14.0. The number of aromatic nitrogens is 1. The van der Waals surface area contributed by atoms with Gasteiger partial charge < -0.3 is 10.1 Å². The van der Waals surface area contributed by atoms with Crippen LogP contribution in [0.1, 0.15) is 13.3 Å². The second kappa shape index (κ2) is 8.42.